The van der Waals surface area contributed by atoms with E-state index in [1.165, 1.54) is 12.1 Å². The Labute approximate surface area is 169 Å². The van der Waals surface area contributed by atoms with Crippen molar-refractivity contribution in [2.75, 3.05) is 5.32 Å². The van der Waals surface area contributed by atoms with Crippen LogP contribution in [0.4, 0.5) is 10.1 Å². The van der Waals surface area contributed by atoms with E-state index in [1.807, 2.05) is 38.1 Å². The van der Waals surface area contributed by atoms with E-state index >= 15 is 0 Å². The van der Waals surface area contributed by atoms with Crippen LogP contribution in [-0.4, -0.2) is 11.7 Å². The van der Waals surface area contributed by atoms with E-state index in [9.17, 15) is 14.0 Å². The Morgan fingerprint density at radius 1 is 1.10 bits per heavy atom. The van der Waals surface area contributed by atoms with Crippen LogP contribution in [-0.2, 0) is 9.59 Å². The van der Waals surface area contributed by atoms with E-state index in [2.05, 4.69) is 10.6 Å². The Hall–Kier alpha value is -3.21. The maximum Gasteiger partial charge on any atom is 0.254 e. The van der Waals surface area contributed by atoms with Gasteiger partial charge in [0, 0.05) is 40.6 Å². The van der Waals surface area contributed by atoms with Crippen LogP contribution in [0, 0.1) is 12.7 Å². The maximum absolute atomic E-state index is 14.0. The van der Waals surface area contributed by atoms with Gasteiger partial charge in [0.2, 0.25) is 0 Å². The molecule has 1 aliphatic heterocycles. The van der Waals surface area contributed by atoms with Gasteiger partial charge in [-0.15, -0.1) is 0 Å². The van der Waals surface area contributed by atoms with Crippen LogP contribution in [0.15, 0.2) is 71.1 Å². The number of hydrogen-bond donors (Lipinski definition) is 2. The smallest absolute Gasteiger partial charge is 0.254 e. The number of carbonyl (C=O) groups excluding carboxylic acids is 2. The van der Waals surface area contributed by atoms with Crippen molar-refractivity contribution in [1.82, 2.24) is 5.32 Å². The molecule has 0 radical (unpaired) electrons. The molecule has 0 fully saturated rings. The molecule has 0 bridgehead atoms. The summed E-state index contributed by atoms with van der Waals surface area (Å²) in [7, 11) is 0. The molecule has 2 aromatic carbocycles. The number of allylic oxidation sites excluding steroid dienone is 3. The van der Waals surface area contributed by atoms with E-state index in [0.29, 0.717) is 34.5 Å². The standard InChI is InChI=1S/C24H23FN2O2/c1-14-7-3-4-10-18(14)27-24(29)21-15(2)26-19-11-6-12-20(28)23(19)22(21)16-8-5-9-17(25)13-16/h3-5,7-10,13,22,26H,6,11-12H2,1-2H3,(H,27,29)/t22-/m0/s1. The van der Waals surface area contributed by atoms with Gasteiger partial charge in [-0.25, -0.2) is 4.39 Å². The summed E-state index contributed by atoms with van der Waals surface area (Å²) in [5.41, 5.74) is 4.85. The SMILES string of the molecule is CC1=C(C(=O)Nc2ccccc2C)[C@H](c2cccc(F)c2)C2=C(CCCC2=O)N1. The summed E-state index contributed by atoms with van der Waals surface area (Å²) in [5, 5.41) is 6.25. The van der Waals surface area contributed by atoms with Gasteiger partial charge >= 0.3 is 0 Å². The third-order valence-corrected chi connectivity index (χ3v) is 5.60. The summed E-state index contributed by atoms with van der Waals surface area (Å²) in [4.78, 5) is 26.2. The van der Waals surface area contributed by atoms with Gasteiger partial charge in [-0.05, 0) is 56.0 Å². The van der Waals surface area contributed by atoms with Gasteiger partial charge in [-0.1, -0.05) is 30.3 Å². The highest BCUT2D eigenvalue weighted by atomic mass is 19.1. The first-order chi connectivity index (χ1) is 14.0. The Bertz CT molecular complexity index is 1070. The molecule has 4 nitrogen and oxygen atoms in total. The number of rotatable bonds is 3. The van der Waals surface area contributed by atoms with Gasteiger partial charge in [-0.2, -0.15) is 0 Å². The number of amides is 1. The lowest BCUT2D eigenvalue weighted by molar-refractivity contribution is -0.116. The number of anilines is 1. The Balaban J connectivity index is 1.81. The minimum absolute atomic E-state index is 0.0155. The summed E-state index contributed by atoms with van der Waals surface area (Å²) in [6, 6.07) is 13.7. The molecule has 2 N–H and O–H groups in total. The summed E-state index contributed by atoms with van der Waals surface area (Å²) in [6.45, 7) is 3.76. The van der Waals surface area contributed by atoms with Crippen molar-refractivity contribution < 1.29 is 14.0 Å². The van der Waals surface area contributed by atoms with Crippen LogP contribution in [0.2, 0.25) is 0 Å². The average molecular weight is 390 g/mol. The third kappa shape index (κ3) is 3.60. The fourth-order valence-electron chi connectivity index (χ4n) is 4.21. The van der Waals surface area contributed by atoms with E-state index in [-0.39, 0.29) is 17.5 Å². The normalized spacial score (nSPS) is 19.0. The van der Waals surface area contributed by atoms with Crippen LogP contribution < -0.4 is 10.6 Å². The monoisotopic (exact) mass is 390 g/mol. The molecule has 0 spiro atoms. The molecule has 148 valence electrons. The van der Waals surface area contributed by atoms with Crippen LogP contribution >= 0.6 is 0 Å². The molecule has 1 amide bonds. The molecule has 5 heteroatoms. The molecule has 0 saturated carbocycles. The van der Waals surface area contributed by atoms with Crippen molar-refractivity contribution in [1.29, 1.82) is 0 Å². The zero-order valence-corrected chi connectivity index (χ0v) is 16.5. The van der Waals surface area contributed by atoms with Crippen LogP contribution in [0.1, 0.15) is 43.2 Å². The largest absolute Gasteiger partial charge is 0.362 e. The Morgan fingerprint density at radius 3 is 2.66 bits per heavy atom. The highest BCUT2D eigenvalue weighted by Crippen LogP contribution is 2.42. The first kappa shape index (κ1) is 19.1. The molecule has 2 aromatic rings. The molecule has 0 saturated heterocycles. The molecule has 0 aromatic heterocycles. The number of hydrogen-bond acceptors (Lipinski definition) is 3. The topological polar surface area (TPSA) is 58.2 Å². The molecular formula is C24H23FN2O2. The molecule has 4 rings (SSSR count). The van der Waals surface area contributed by atoms with Crippen molar-refractivity contribution in [3.05, 3.63) is 88.0 Å². The number of aryl methyl sites for hydroxylation is 1. The minimum Gasteiger partial charge on any atom is -0.362 e. The van der Waals surface area contributed by atoms with E-state index in [0.717, 1.165) is 24.1 Å². The van der Waals surface area contributed by atoms with Crippen LogP contribution in [0.3, 0.4) is 0 Å². The lowest BCUT2D eigenvalue weighted by atomic mass is 9.75. The van der Waals surface area contributed by atoms with Crippen molar-refractivity contribution in [3.63, 3.8) is 0 Å². The second-order valence-electron chi connectivity index (χ2n) is 7.59. The third-order valence-electron chi connectivity index (χ3n) is 5.60. The number of benzene rings is 2. The first-order valence-electron chi connectivity index (χ1n) is 9.82. The van der Waals surface area contributed by atoms with Crippen LogP contribution in [0.5, 0.6) is 0 Å². The Morgan fingerprint density at radius 2 is 1.90 bits per heavy atom. The average Bonchev–Trinajstić information content (AvgIpc) is 2.69. The van der Waals surface area contributed by atoms with Gasteiger partial charge in [0.1, 0.15) is 5.82 Å². The highest BCUT2D eigenvalue weighted by Gasteiger charge is 2.38. The number of halogens is 1. The fourth-order valence-corrected chi connectivity index (χ4v) is 4.21. The van der Waals surface area contributed by atoms with Gasteiger partial charge < -0.3 is 10.6 Å². The van der Waals surface area contributed by atoms with Crippen molar-refractivity contribution in [2.45, 2.75) is 39.0 Å². The summed E-state index contributed by atoms with van der Waals surface area (Å²) >= 11 is 0. The predicted molar refractivity (Wildman–Crippen MR) is 111 cm³/mol. The fraction of sp³-hybridized carbons (Fsp3) is 0.250. The molecule has 0 unspecified atom stereocenters. The zero-order chi connectivity index (χ0) is 20.5. The van der Waals surface area contributed by atoms with Crippen molar-refractivity contribution in [2.24, 2.45) is 0 Å². The van der Waals surface area contributed by atoms with E-state index in [1.54, 1.807) is 12.1 Å². The summed E-state index contributed by atoms with van der Waals surface area (Å²) < 4.78 is 14.0. The van der Waals surface area contributed by atoms with Gasteiger partial charge in [0.15, 0.2) is 5.78 Å². The molecule has 1 heterocycles. The van der Waals surface area contributed by atoms with E-state index in [4.69, 9.17) is 0 Å². The lowest BCUT2D eigenvalue weighted by Gasteiger charge is -2.34. The van der Waals surface area contributed by atoms with Crippen LogP contribution in [0.25, 0.3) is 0 Å². The molecule has 1 aliphatic carbocycles. The molecule has 2 aliphatic rings. The number of carbonyl (C=O) groups is 2. The minimum atomic E-state index is -0.584. The maximum atomic E-state index is 14.0. The number of nitrogens with one attached hydrogen (secondary N) is 2. The number of ketones is 1. The summed E-state index contributed by atoms with van der Waals surface area (Å²) in [6.07, 6.45) is 1.97. The number of para-hydroxylation sites is 1. The zero-order valence-electron chi connectivity index (χ0n) is 16.5. The van der Waals surface area contributed by atoms with Gasteiger partial charge in [0.05, 0.1) is 0 Å². The predicted octanol–water partition coefficient (Wildman–Crippen LogP) is 4.74. The summed E-state index contributed by atoms with van der Waals surface area (Å²) in [5.74, 6) is -1.24. The number of dihydropyridines is 1. The lowest BCUT2D eigenvalue weighted by Crippen LogP contribution is -2.35. The highest BCUT2D eigenvalue weighted by molar-refractivity contribution is 6.10. The van der Waals surface area contributed by atoms with Gasteiger partial charge in [0.25, 0.3) is 5.91 Å². The van der Waals surface area contributed by atoms with E-state index < -0.39 is 5.92 Å². The molecule has 29 heavy (non-hydrogen) atoms. The second kappa shape index (κ2) is 7.66. The Kier molecular flexibility index (Phi) is 5.05. The van der Waals surface area contributed by atoms with Gasteiger partial charge in [-0.3, -0.25) is 9.59 Å². The van der Waals surface area contributed by atoms with Crippen molar-refractivity contribution >= 4 is 17.4 Å². The number of Topliss-reactive ketones (excluding diaryl/α,β-unsaturated/α-hetero) is 1. The van der Waals surface area contributed by atoms with Crippen molar-refractivity contribution in [3.8, 4) is 0 Å². The molecular weight excluding hydrogens is 367 g/mol. The molecule has 1 atom stereocenters. The first-order valence-corrected chi connectivity index (χ1v) is 9.82. The quantitative estimate of drug-likeness (QED) is 0.796. The second-order valence-corrected chi connectivity index (χ2v) is 7.59.